The van der Waals surface area contributed by atoms with Crippen LogP contribution in [0.15, 0.2) is 0 Å². The molecule has 0 saturated heterocycles. The highest BCUT2D eigenvalue weighted by Crippen LogP contribution is 2.13. The van der Waals surface area contributed by atoms with Gasteiger partial charge in [0.2, 0.25) is 5.91 Å². The SMILES string of the molecule is COCCC(=O)NC(C)c1nnc2n1CCNCC2. The van der Waals surface area contributed by atoms with E-state index in [1.165, 1.54) is 0 Å². The Hall–Kier alpha value is -1.47. The molecular weight excluding hydrogens is 246 g/mol. The molecule has 1 aliphatic heterocycles. The minimum Gasteiger partial charge on any atom is -0.384 e. The van der Waals surface area contributed by atoms with Crippen LogP contribution in [0.25, 0.3) is 0 Å². The van der Waals surface area contributed by atoms with Crippen LogP contribution < -0.4 is 10.6 Å². The van der Waals surface area contributed by atoms with Gasteiger partial charge in [-0.3, -0.25) is 4.79 Å². The van der Waals surface area contributed by atoms with Crippen LogP contribution in [0.1, 0.15) is 31.0 Å². The number of carbonyl (C=O) groups is 1. The summed E-state index contributed by atoms with van der Waals surface area (Å²) in [6.07, 6.45) is 1.24. The van der Waals surface area contributed by atoms with Crippen molar-refractivity contribution in [2.75, 3.05) is 26.8 Å². The van der Waals surface area contributed by atoms with Crippen LogP contribution >= 0.6 is 0 Å². The standard InChI is InChI=1S/C12H21N5O2/c1-9(14-11(18)4-8-19-2)12-16-15-10-3-5-13-6-7-17(10)12/h9,13H,3-8H2,1-2H3,(H,14,18). The third kappa shape index (κ3) is 3.51. The summed E-state index contributed by atoms with van der Waals surface area (Å²) in [7, 11) is 1.59. The number of aromatic nitrogens is 3. The fourth-order valence-corrected chi connectivity index (χ4v) is 2.19. The third-order valence-electron chi connectivity index (χ3n) is 3.19. The lowest BCUT2D eigenvalue weighted by molar-refractivity contribution is -0.122. The summed E-state index contributed by atoms with van der Waals surface area (Å²) in [6, 6.07) is -0.135. The first-order chi connectivity index (χ1) is 9.22. The average molecular weight is 267 g/mol. The van der Waals surface area contributed by atoms with E-state index in [2.05, 4.69) is 25.4 Å². The number of amides is 1. The Balaban J connectivity index is 2.01. The molecular formula is C12H21N5O2. The first-order valence-electron chi connectivity index (χ1n) is 6.63. The molecule has 1 aliphatic rings. The van der Waals surface area contributed by atoms with E-state index in [0.29, 0.717) is 13.0 Å². The van der Waals surface area contributed by atoms with Crippen molar-refractivity contribution in [2.24, 2.45) is 0 Å². The first-order valence-corrected chi connectivity index (χ1v) is 6.63. The molecule has 2 heterocycles. The Morgan fingerprint density at radius 1 is 1.53 bits per heavy atom. The van der Waals surface area contributed by atoms with E-state index in [4.69, 9.17) is 4.74 Å². The highest BCUT2D eigenvalue weighted by atomic mass is 16.5. The van der Waals surface area contributed by atoms with Crippen LogP contribution in [-0.2, 0) is 22.5 Å². The van der Waals surface area contributed by atoms with E-state index in [9.17, 15) is 4.79 Å². The fraction of sp³-hybridized carbons (Fsp3) is 0.750. The molecule has 7 heteroatoms. The van der Waals surface area contributed by atoms with E-state index in [0.717, 1.165) is 37.7 Å². The summed E-state index contributed by atoms with van der Waals surface area (Å²) in [4.78, 5) is 11.7. The van der Waals surface area contributed by atoms with Gasteiger partial charge in [-0.15, -0.1) is 10.2 Å². The molecule has 1 aromatic heterocycles. The maximum atomic E-state index is 11.7. The first kappa shape index (κ1) is 14.0. The second kappa shape index (κ2) is 6.63. The Morgan fingerprint density at radius 2 is 2.37 bits per heavy atom. The largest absolute Gasteiger partial charge is 0.384 e. The molecule has 0 bridgehead atoms. The van der Waals surface area contributed by atoms with Crippen molar-refractivity contribution >= 4 is 5.91 Å². The number of hydrogen-bond donors (Lipinski definition) is 2. The number of rotatable bonds is 5. The van der Waals surface area contributed by atoms with E-state index >= 15 is 0 Å². The van der Waals surface area contributed by atoms with Crippen molar-refractivity contribution in [3.05, 3.63) is 11.6 Å². The van der Waals surface area contributed by atoms with Gasteiger partial charge in [-0.1, -0.05) is 0 Å². The zero-order valence-corrected chi connectivity index (χ0v) is 11.5. The maximum absolute atomic E-state index is 11.7. The topological polar surface area (TPSA) is 81.1 Å². The third-order valence-corrected chi connectivity index (χ3v) is 3.19. The van der Waals surface area contributed by atoms with Gasteiger partial charge in [0.15, 0.2) is 5.82 Å². The highest BCUT2D eigenvalue weighted by Gasteiger charge is 2.20. The number of ether oxygens (including phenoxy) is 1. The second-order valence-corrected chi connectivity index (χ2v) is 4.66. The lowest BCUT2D eigenvalue weighted by atomic mass is 10.3. The molecule has 106 valence electrons. The van der Waals surface area contributed by atoms with Crippen LogP contribution in [0.3, 0.4) is 0 Å². The number of nitrogens with one attached hydrogen (secondary N) is 2. The normalized spacial score (nSPS) is 16.5. The predicted molar refractivity (Wildman–Crippen MR) is 69.6 cm³/mol. The quantitative estimate of drug-likeness (QED) is 0.761. The summed E-state index contributed by atoms with van der Waals surface area (Å²) in [6.45, 7) is 5.03. The Bertz CT molecular complexity index is 432. The summed E-state index contributed by atoms with van der Waals surface area (Å²) in [5.74, 6) is 1.78. The number of nitrogens with zero attached hydrogens (tertiary/aromatic N) is 3. The van der Waals surface area contributed by atoms with Gasteiger partial charge in [0.05, 0.1) is 12.6 Å². The van der Waals surface area contributed by atoms with Gasteiger partial charge in [-0.05, 0) is 6.92 Å². The molecule has 7 nitrogen and oxygen atoms in total. The van der Waals surface area contributed by atoms with Crippen LogP contribution in [-0.4, -0.2) is 47.5 Å². The summed E-state index contributed by atoms with van der Waals surface area (Å²) >= 11 is 0. The smallest absolute Gasteiger partial charge is 0.222 e. The van der Waals surface area contributed by atoms with Crippen LogP contribution in [0.2, 0.25) is 0 Å². The van der Waals surface area contributed by atoms with E-state index < -0.39 is 0 Å². The minimum atomic E-state index is -0.135. The summed E-state index contributed by atoms with van der Waals surface area (Å²) in [5.41, 5.74) is 0. The highest BCUT2D eigenvalue weighted by molar-refractivity contribution is 5.76. The molecule has 1 unspecified atom stereocenters. The zero-order chi connectivity index (χ0) is 13.7. The van der Waals surface area contributed by atoms with Gasteiger partial charge in [0, 0.05) is 39.6 Å². The molecule has 0 aliphatic carbocycles. The van der Waals surface area contributed by atoms with Gasteiger partial charge in [-0.2, -0.15) is 0 Å². The summed E-state index contributed by atoms with van der Waals surface area (Å²) in [5, 5.41) is 14.7. The van der Waals surface area contributed by atoms with Crippen molar-refractivity contribution in [1.29, 1.82) is 0 Å². The Morgan fingerprint density at radius 3 is 3.16 bits per heavy atom. The fourth-order valence-electron chi connectivity index (χ4n) is 2.19. The Labute approximate surface area is 112 Å². The molecule has 0 fully saturated rings. The van der Waals surface area contributed by atoms with Crippen LogP contribution in [0, 0.1) is 0 Å². The molecule has 2 N–H and O–H groups in total. The number of methoxy groups -OCH3 is 1. The van der Waals surface area contributed by atoms with Crippen molar-refractivity contribution in [3.8, 4) is 0 Å². The molecule has 1 atom stereocenters. The molecule has 2 rings (SSSR count). The minimum absolute atomic E-state index is 0.0292. The van der Waals surface area contributed by atoms with E-state index in [1.807, 2.05) is 6.92 Å². The van der Waals surface area contributed by atoms with Crippen molar-refractivity contribution in [2.45, 2.75) is 32.4 Å². The molecule has 0 saturated carbocycles. The molecule has 19 heavy (non-hydrogen) atoms. The van der Waals surface area contributed by atoms with Crippen molar-refractivity contribution in [1.82, 2.24) is 25.4 Å². The van der Waals surface area contributed by atoms with E-state index in [1.54, 1.807) is 7.11 Å². The molecule has 1 amide bonds. The van der Waals surface area contributed by atoms with Crippen molar-refractivity contribution in [3.63, 3.8) is 0 Å². The van der Waals surface area contributed by atoms with E-state index in [-0.39, 0.29) is 11.9 Å². The molecule has 0 radical (unpaired) electrons. The second-order valence-electron chi connectivity index (χ2n) is 4.66. The molecule has 1 aromatic rings. The van der Waals surface area contributed by atoms with Crippen molar-refractivity contribution < 1.29 is 9.53 Å². The predicted octanol–water partition coefficient (Wildman–Crippen LogP) is -0.362. The summed E-state index contributed by atoms with van der Waals surface area (Å²) < 4.78 is 6.99. The lowest BCUT2D eigenvalue weighted by Gasteiger charge is -2.15. The Kier molecular flexibility index (Phi) is 4.86. The maximum Gasteiger partial charge on any atom is 0.222 e. The van der Waals surface area contributed by atoms with Gasteiger partial charge in [0.25, 0.3) is 0 Å². The molecule has 0 aromatic carbocycles. The number of fused-ring (bicyclic) bond motifs is 1. The van der Waals surface area contributed by atoms with Gasteiger partial charge >= 0.3 is 0 Å². The van der Waals surface area contributed by atoms with Gasteiger partial charge in [-0.25, -0.2) is 0 Å². The van der Waals surface area contributed by atoms with Gasteiger partial charge in [0.1, 0.15) is 5.82 Å². The monoisotopic (exact) mass is 267 g/mol. The zero-order valence-electron chi connectivity index (χ0n) is 11.5. The van der Waals surface area contributed by atoms with Crippen LogP contribution in [0.5, 0.6) is 0 Å². The average Bonchev–Trinajstić information content (AvgIpc) is 2.66. The lowest BCUT2D eigenvalue weighted by Crippen LogP contribution is -2.30. The number of carbonyl (C=O) groups excluding carboxylic acids is 1. The number of hydrogen-bond acceptors (Lipinski definition) is 5. The molecule has 0 spiro atoms. The van der Waals surface area contributed by atoms with Gasteiger partial charge < -0.3 is 19.9 Å². The van der Waals surface area contributed by atoms with Crippen LogP contribution in [0.4, 0.5) is 0 Å².